The van der Waals surface area contributed by atoms with Crippen molar-refractivity contribution < 1.29 is 19.4 Å². The molecule has 1 fully saturated rings. The van der Waals surface area contributed by atoms with Crippen molar-refractivity contribution in [2.24, 2.45) is 0 Å². The largest absolute Gasteiger partial charge is 0.508 e. The lowest BCUT2D eigenvalue weighted by Crippen LogP contribution is -2.44. The number of methoxy groups -OCH3 is 2. The summed E-state index contributed by atoms with van der Waals surface area (Å²) in [5, 5.41) is 20.6. The average molecular weight is 484 g/mol. The number of nitrogens with one attached hydrogen (secondary N) is 2. The number of allylic oxidation sites excluding steroid dienone is 1. The van der Waals surface area contributed by atoms with Crippen LogP contribution in [0.1, 0.15) is 36.0 Å². The van der Waals surface area contributed by atoms with Gasteiger partial charge in [0.2, 0.25) is 5.91 Å². The fraction of sp³-hybridized carbons (Fsp3) is 0.241. The van der Waals surface area contributed by atoms with Crippen LogP contribution in [0, 0.1) is 5.41 Å². The Balaban J connectivity index is 1.57. The molecule has 1 amide bonds. The standard InChI is InChI=1S/C29H29N3O4/c1-35-23-10-4-19(5-11-23)18-32-27-24(29(28(32)34)13-3-14-29)16-20(17-26(27)36-2)25(12-15-30)31-21-6-8-22(33)9-7-21/h4-12,15-17,30-31,33H,3,13-14,18H2,1-2H3/b25-12-,30-15?. The lowest BCUT2D eigenvalue weighted by atomic mass is 9.65. The summed E-state index contributed by atoms with van der Waals surface area (Å²) in [4.78, 5) is 15.7. The summed E-state index contributed by atoms with van der Waals surface area (Å²) in [7, 11) is 3.25. The van der Waals surface area contributed by atoms with E-state index < -0.39 is 5.41 Å². The van der Waals surface area contributed by atoms with Crippen LogP contribution in [-0.4, -0.2) is 31.4 Å². The van der Waals surface area contributed by atoms with Gasteiger partial charge >= 0.3 is 0 Å². The molecule has 1 aliphatic carbocycles. The summed E-state index contributed by atoms with van der Waals surface area (Å²) in [5.41, 5.74) is 4.57. The first-order chi connectivity index (χ1) is 17.5. The second kappa shape index (κ2) is 9.41. The van der Waals surface area contributed by atoms with Crippen LogP contribution in [0.15, 0.2) is 66.7 Å². The molecule has 3 aromatic carbocycles. The van der Waals surface area contributed by atoms with Gasteiger partial charge in [-0.25, -0.2) is 0 Å². The Hall–Kier alpha value is -4.26. The van der Waals surface area contributed by atoms with Crippen LogP contribution in [0.4, 0.5) is 11.4 Å². The summed E-state index contributed by atoms with van der Waals surface area (Å²) in [5.74, 6) is 1.69. The number of benzene rings is 3. The molecule has 7 heteroatoms. The van der Waals surface area contributed by atoms with E-state index in [1.54, 1.807) is 44.6 Å². The summed E-state index contributed by atoms with van der Waals surface area (Å²) in [6.07, 6.45) is 5.51. The predicted octanol–water partition coefficient (Wildman–Crippen LogP) is 5.48. The minimum absolute atomic E-state index is 0.110. The molecular weight excluding hydrogens is 454 g/mol. The molecule has 0 saturated heterocycles. The number of hydrogen-bond acceptors (Lipinski definition) is 6. The van der Waals surface area contributed by atoms with E-state index in [0.29, 0.717) is 18.0 Å². The number of carbonyl (C=O) groups excluding carboxylic acids is 1. The number of phenols is 1. The van der Waals surface area contributed by atoms with E-state index in [0.717, 1.165) is 53.1 Å². The first kappa shape index (κ1) is 23.5. The third-order valence-electron chi connectivity index (χ3n) is 7.15. The third kappa shape index (κ3) is 3.96. The van der Waals surface area contributed by atoms with Gasteiger partial charge in [-0.2, -0.15) is 0 Å². The molecule has 1 saturated carbocycles. The van der Waals surface area contributed by atoms with Gasteiger partial charge in [-0.3, -0.25) is 4.79 Å². The van der Waals surface area contributed by atoms with Crippen molar-refractivity contribution in [3.8, 4) is 17.2 Å². The molecule has 2 aliphatic rings. The monoisotopic (exact) mass is 483 g/mol. The minimum atomic E-state index is -0.542. The van der Waals surface area contributed by atoms with Gasteiger partial charge in [0.1, 0.15) is 17.2 Å². The number of hydrogen-bond donors (Lipinski definition) is 3. The molecule has 0 unspecified atom stereocenters. The van der Waals surface area contributed by atoms with Crippen LogP contribution in [0.3, 0.4) is 0 Å². The smallest absolute Gasteiger partial charge is 0.238 e. The van der Waals surface area contributed by atoms with E-state index in [4.69, 9.17) is 14.9 Å². The molecule has 1 spiro atoms. The van der Waals surface area contributed by atoms with Gasteiger partial charge in [-0.1, -0.05) is 18.6 Å². The fourth-order valence-electron chi connectivity index (χ4n) is 5.11. The topological polar surface area (TPSA) is 94.9 Å². The van der Waals surface area contributed by atoms with Crippen molar-refractivity contribution in [2.45, 2.75) is 31.2 Å². The molecule has 1 aliphatic heterocycles. The van der Waals surface area contributed by atoms with Crippen LogP contribution in [0.25, 0.3) is 5.70 Å². The van der Waals surface area contributed by atoms with E-state index in [2.05, 4.69) is 11.4 Å². The summed E-state index contributed by atoms with van der Waals surface area (Å²) < 4.78 is 11.1. The highest BCUT2D eigenvalue weighted by atomic mass is 16.5. The normalized spacial score (nSPS) is 15.9. The molecule has 5 rings (SSSR count). The Morgan fingerprint density at radius 3 is 2.39 bits per heavy atom. The van der Waals surface area contributed by atoms with Crippen molar-refractivity contribution in [2.75, 3.05) is 24.4 Å². The van der Waals surface area contributed by atoms with Crippen LogP contribution < -0.4 is 19.7 Å². The van der Waals surface area contributed by atoms with Gasteiger partial charge in [-0.15, -0.1) is 0 Å². The van der Waals surface area contributed by atoms with E-state index in [-0.39, 0.29) is 11.7 Å². The van der Waals surface area contributed by atoms with Crippen LogP contribution >= 0.6 is 0 Å². The Labute approximate surface area is 210 Å². The average Bonchev–Trinajstić information content (AvgIpc) is 3.12. The Morgan fingerprint density at radius 1 is 1.08 bits per heavy atom. The Bertz CT molecular complexity index is 1330. The van der Waals surface area contributed by atoms with E-state index in [9.17, 15) is 9.90 Å². The number of carbonyl (C=O) groups is 1. The molecule has 0 bridgehead atoms. The van der Waals surface area contributed by atoms with Crippen molar-refractivity contribution >= 4 is 29.2 Å². The van der Waals surface area contributed by atoms with E-state index in [1.165, 1.54) is 6.21 Å². The van der Waals surface area contributed by atoms with Gasteiger partial charge in [0.15, 0.2) is 0 Å². The van der Waals surface area contributed by atoms with Crippen molar-refractivity contribution in [1.29, 1.82) is 5.41 Å². The first-order valence-corrected chi connectivity index (χ1v) is 11.9. The van der Waals surface area contributed by atoms with Gasteiger partial charge in [0, 0.05) is 23.2 Å². The molecule has 184 valence electrons. The third-order valence-corrected chi connectivity index (χ3v) is 7.15. The number of ether oxygens (including phenoxy) is 2. The van der Waals surface area contributed by atoms with Gasteiger partial charge in [0.25, 0.3) is 0 Å². The maximum absolute atomic E-state index is 13.8. The molecule has 3 N–H and O–H groups in total. The number of aromatic hydroxyl groups is 1. The van der Waals surface area contributed by atoms with E-state index in [1.807, 2.05) is 35.2 Å². The summed E-state index contributed by atoms with van der Waals surface area (Å²) >= 11 is 0. The van der Waals surface area contributed by atoms with E-state index >= 15 is 0 Å². The number of nitrogens with zero attached hydrogens (tertiary/aromatic N) is 1. The van der Waals surface area contributed by atoms with Crippen molar-refractivity contribution in [3.05, 3.63) is 83.4 Å². The van der Waals surface area contributed by atoms with Gasteiger partial charge in [0.05, 0.1) is 31.9 Å². The van der Waals surface area contributed by atoms with Crippen LogP contribution in [0.5, 0.6) is 17.2 Å². The number of rotatable bonds is 8. The first-order valence-electron chi connectivity index (χ1n) is 11.9. The molecule has 1 heterocycles. The molecule has 36 heavy (non-hydrogen) atoms. The fourth-order valence-corrected chi connectivity index (χ4v) is 5.11. The molecule has 7 nitrogen and oxygen atoms in total. The van der Waals surface area contributed by atoms with Gasteiger partial charge in [-0.05, 0) is 78.6 Å². The summed E-state index contributed by atoms with van der Waals surface area (Å²) in [6, 6.07) is 18.5. The maximum Gasteiger partial charge on any atom is 0.238 e. The quantitative estimate of drug-likeness (QED) is 0.291. The number of fused-ring (bicyclic) bond motifs is 2. The molecule has 0 aromatic heterocycles. The minimum Gasteiger partial charge on any atom is -0.508 e. The lowest BCUT2D eigenvalue weighted by Gasteiger charge is -2.37. The highest BCUT2D eigenvalue weighted by molar-refractivity contribution is 6.10. The second-order valence-electron chi connectivity index (χ2n) is 9.17. The Morgan fingerprint density at radius 2 is 1.81 bits per heavy atom. The van der Waals surface area contributed by atoms with Crippen LogP contribution in [-0.2, 0) is 16.8 Å². The van der Waals surface area contributed by atoms with Crippen molar-refractivity contribution in [1.82, 2.24) is 0 Å². The number of phenolic OH excluding ortho intramolecular Hbond substituents is 1. The summed E-state index contributed by atoms with van der Waals surface area (Å²) in [6.45, 7) is 0.447. The second-order valence-corrected chi connectivity index (χ2v) is 9.17. The highest BCUT2D eigenvalue weighted by Crippen LogP contribution is 2.57. The highest BCUT2D eigenvalue weighted by Gasteiger charge is 2.55. The predicted molar refractivity (Wildman–Crippen MR) is 141 cm³/mol. The zero-order valence-electron chi connectivity index (χ0n) is 20.4. The maximum atomic E-state index is 13.8. The zero-order chi connectivity index (χ0) is 25.3. The molecule has 0 atom stereocenters. The Kier molecular flexibility index (Phi) is 6.14. The molecule has 0 radical (unpaired) electrons. The SMILES string of the molecule is COc1ccc(CN2C(=O)C3(CCC3)c3cc(/C(=C/C=N)Nc4ccc(O)cc4)cc(OC)c32)cc1. The molecular formula is C29H29N3O4. The molecule has 3 aromatic rings. The van der Waals surface area contributed by atoms with Crippen LogP contribution in [0.2, 0.25) is 0 Å². The van der Waals surface area contributed by atoms with Crippen molar-refractivity contribution in [3.63, 3.8) is 0 Å². The van der Waals surface area contributed by atoms with Gasteiger partial charge < -0.3 is 30.2 Å². The number of anilines is 2. The lowest BCUT2D eigenvalue weighted by molar-refractivity contribution is -0.126. The zero-order valence-corrected chi connectivity index (χ0v) is 20.4. The number of amides is 1.